The van der Waals surface area contributed by atoms with Crippen molar-refractivity contribution < 1.29 is 18.0 Å². The smallest absolute Gasteiger partial charge is 0.271 e. The number of carbonyl (C=O) groups excluding carboxylic acids is 1. The van der Waals surface area contributed by atoms with Crippen LogP contribution in [-0.2, 0) is 13.5 Å². The number of carbonyl (C=O) groups is 1. The van der Waals surface area contributed by atoms with E-state index in [2.05, 4.69) is 15.3 Å². The molecule has 0 fully saturated rings. The van der Waals surface area contributed by atoms with Crippen LogP contribution in [0, 0.1) is 17.5 Å². The highest BCUT2D eigenvalue weighted by Crippen LogP contribution is 2.36. The Morgan fingerprint density at radius 2 is 1.90 bits per heavy atom. The van der Waals surface area contributed by atoms with Gasteiger partial charge in [-0.2, -0.15) is 5.10 Å². The number of aromatic nitrogens is 5. The monoisotopic (exact) mass is 426 g/mol. The number of amides is 1. The molecule has 0 N–H and O–H groups in total. The lowest BCUT2D eigenvalue weighted by atomic mass is 9.95. The van der Waals surface area contributed by atoms with E-state index in [0.29, 0.717) is 35.7 Å². The second-order valence-electron chi connectivity index (χ2n) is 7.48. The summed E-state index contributed by atoms with van der Waals surface area (Å²) in [6.45, 7) is 2.24. The van der Waals surface area contributed by atoms with E-state index in [-0.39, 0.29) is 17.5 Å². The van der Waals surface area contributed by atoms with Gasteiger partial charge < -0.3 is 4.90 Å². The minimum Gasteiger partial charge on any atom is -0.329 e. The van der Waals surface area contributed by atoms with Crippen LogP contribution >= 0.6 is 0 Å². The quantitative estimate of drug-likeness (QED) is 0.462. The molecule has 1 aliphatic heterocycles. The van der Waals surface area contributed by atoms with Gasteiger partial charge in [0.2, 0.25) is 0 Å². The van der Waals surface area contributed by atoms with Gasteiger partial charge in [0.25, 0.3) is 5.91 Å². The lowest BCUT2D eigenvalue weighted by molar-refractivity contribution is 0.0666. The topological polar surface area (TPSA) is 68.3 Å². The molecule has 0 bridgehead atoms. The van der Waals surface area contributed by atoms with Crippen LogP contribution < -0.4 is 0 Å². The van der Waals surface area contributed by atoms with Crippen molar-refractivity contribution in [3.8, 4) is 11.3 Å². The third-order valence-electron chi connectivity index (χ3n) is 5.71. The number of hydrogen-bond acceptors (Lipinski definition) is 4. The molecule has 1 atom stereocenters. The zero-order valence-corrected chi connectivity index (χ0v) is 16.7. The molecule has 4 heterocycles. The van der Waals surface area contributed by atoms with Gasteiger partial charge in [-0.05, 0) is 37.6 Å². The average Bonchev–Trinajstić information content (AvgIpc) is 3.35. The van der Waals surface area contributed by atoms with E-state index < -0.39 is 17.5 Å². The molecule has 158 valence electrons. The van der Waals surface area contributed by atoms with Crippen molar-refractivity contribution in [1.29, 1.82) is 0 Å². The van der Waals surface area contributed by atoms with E-state index in [4.69, 9.17) is 0 Å². The van der Waals surface area contributed by atoms with Crippen LogP contribution in [0.1, 0.15) is 34.7 Å². The molecule has 0 aliphatic carbocycles. The molecule has 10 heteroatoms. The standard InChI is InChI=1S/C21H17F3N6O/c1-11-19-13(20(28(2)27-19)12-8-14(22)18(24)15(23)9-12)6-7-29(11)21(31)16-4-3-5-17-26-25-10-30(16)17/h3-5,8-11H,6-7H2,1-2H3/t11-/m0/s1. The number of aryl methyl sites for hydroxylation is 1. The van der Waals surface area contributed by atoms with E-state index >= 15 is 0 Å². The lowest BCUT2D eigenvalue weighted by Crippen LogP contribution is -2.39. The van der Waals surface area contributed by atoms with Gasteiger partial charge in [-0.3, -0.25) is 13.9 Å². The lowest BCUT2D eigenvalue weighted by Gasteiger charge is -2.33. The van der Waals surface area contributed by atoms with E-state index in [1.54, 1.807) is 34.5 Å². The molecule has 1 aliphatic rings. The van der Waals surface area contributed by atoms with Gasteiger partial charge in [0.1, 0.15) is 12.0 Å². The fourth-order valence-corrected chi connectivity index (χ4v) is 4.25. The molecule has 0 spiro atoms. The summed E-state index contributed by atoms with van der Waals surface area (Å²) in [5.74, 6) is -4.22. The Morgan fingerprint density at radius 3 is 2.65 bits per heavy atom. The molecule has 4 aromatic rings. The Hall–Kier alpha value is -3.69. The molecule has 0 unspecified atom stereocenters. The van der Waals surface area contributed by atoms with Crippen molar-refractivity contribution in [1.82, 2.24) is 29.3 Å². The molecule has 7 nitrogen and oxygen atoms in total. The average molecular weight is 426 g/mol. The molecule has 0 saturated heterocycles. The maximum Gasteiger partial charge on any atom is 0.271 e. The number of hydrogen-bond donors (Lipinski definition) is 0. The fraction of sp³-hybridized carbons (Fsp3) is 0.238. The summed E-state index contributed by atoms with van der Waals surface area (Å²) in [7, 11) is 1.66. The minimum atomic E-state index is -1.51. The van der Waals surface area contributed by atoms with Crippen LogP contribution in [0.5, 0.6) is 0 Å². The van der Waals surface area contributed by atoms with Crippen LogP contribution in [0.25, 0.3) is 16.9 Å². The van der Waals surface area contributed by atoms with Crippen LogP contribution in [0.4, 0.5) is 13.2 Å². The van der Waals surface area contributed by atoms with Gasteiger partial charge in [0.15, 0.2) is 23.1 Å². The van der Waals surface area contributed by atoms with Gasteiger partial charge >= 0.3 is 0 Å². The minimum absolute atomic E-state index is 0.199. The zero-order valence-electron chi connectivity index (χ0n) is 16.7. The Labute approximate surface area is 174 Å². The Bertz CT molecular complexity index is 1320. The molecular formula is C21H17F3N6O. The van der Waals surface area contributed by atoms with Crippen LogP contribution in [0.2, 0.25) is 0 Å². The molecular weight excluding hydrogens is 409 g/mol. The first-order chi connectivity index (χ1) is 14.9. The third-order valence-corrected chi connectivity index (χ3v) is 5.71. The number of rotatable bonds is 2. The molecule has 0 saturated carbocycles. The molecule has 5 rings (SSSR count). The van der Waals surface area contributed by atoms with Crippen LogP contribution in [-0.4, -0.2) is 41.7 Å². The van der Waals surface area contributed by atoms with Crippen molar-refractivity contribution >= 4 is 11.6 Å². The maximum absolute atomic E-state index is 13.8. The van der Waals surface area contributed by atoms with Gasteiger partial charge in [-0.25, -0.2) is 13.2 Å². The Morgan fingerprint density at radius 1 is 1.16 bits per heavy atom. The highest BCUT2D eigenvalue weighted by atomic mass is 19.2. The van der Waals surface area contributed by atoms with Gasteiger partial charge in [-0.15, -0.1) is 10.2 Å². The maximum atomic E-state index is 13.8. The molecule has 0 radical (unpaired) electrons. The molecule has 1 aromatic carbocycles. The van der Waals surface area contributed by atoms with Crippen molar-refractivity contribution in [2.75, 3.05) is 6.54 Å². The number of nitrogens with zero attached hydrogens (tertiary/aromatic N) is 6. The normalized spacial score (nSPS) is 16.0. The summed E-state index contributed by atoms with van der Waals surface area (Å²) in [6.07, 6.45) is 1.92. The summed E-state index contributed by atoms with van der Waals surface area (Å²) >= 11 is 0. The summed E-state index contributed by atoms with van der Waals surface area (Å²) in [4.78, 5) is 15.0. The highest BCUT2D eigenvalue weighted by Gasteiger charge is 2.34. The van der Waals surface area contributed by atoms with Crippen LogP contribution in [0.3, 0.4) is 0 Å². The second-order valence-corrected chi connectivity index (χ2v) is 7.48. The predicted octanol–water partition coefficient (Wildman–Crippen LogP) is 3.31. The summed E-state index contributed by atoms with van der Waals surface area (Å²) in [5.41, 5.74) is 3.12. The third kappa shape index (κ3) is 2.89. The van der Waals surface area contributed by atoms with Crippen molar-refractivity contribution in [3.05, 3.63) is 71.1 Å². The molecule has 1 amide bonds. The Balaban J connectivity index is 1.54. The fourth-order valence-electron chi connectivity index (χ4n) is 4.25. The van der Waals surface area contributed by atoms with Crippen molar-refractivity contribution in [2.45, 2.75) is 19.4 Å². The zero-order chi connectivity index (χ0) is 21.9. The summed E-state index contributed by atoms with van der Waals surface area (Å²) < 4.78 is 44.2. The van der Waals surface area contributed by atoms with Gasteiger partial charge in [0.05, 0.1) is 17.4 Å². The van der Waals surface area contributed by atoms with E-state index in [0.717, 1.165) is 17.7 Å². The van der Waals surface area contributed by atoms with Crippen molar-refractivity contribution in [3.63, 3.8) is 0 Å². The van der Waals surface area contributed by atoms with Gasteiger partial charge in [-0.1, -0.05) is 6.07 Å². The van der Waals surface area contributed by atoms with E-state index in [9.17, 15) is 18.0 Å². The summed E-state index contributed by atoms with van der Waals surface area (Å²) in [6, 6.07) is 6.75. The SMILES string of the molecule is C[C@H]1c2nn(C)c(-c3cc(F)c(F)c(F)c3)c2CCN1C(=O)c1cccc2nncn12. The first-order valence-electron chi connectivity index (χ1n) is 9.67. The van der Waals surface area contributed by atoms with Crippen LogP contribution in [0.15, 0.2) is 36.7 Å². The van der Waals surface area contributed by atoms with Gasteiger partial charge in [0, 0.05) is 24.7 Å². The second kappa shape index (κ2) is 6.93. The predicted molar refractivity (Wildman–Crippen MR) is 105 cm³/mol. The summed E-state index contributed by atoms with van der Waals surface area (Å²) in [5, 5.41) is 12.3. The molecule has 31 heavy (non-hydrogen) atoms. The number of halogens is 3. The van der Waals surface area contributed by atoms with E-state index in [1.807, 2.05) is 6.92 Å². The number of fused-ring (bicyclic) bond motifs is 2. The first kappa shape index (κ1) is 19.3. The van der Waals surface area contributed by atoms with Crippen molar-refractivity contribution in [2.24, 2.45) is 7.05 Å². The highest BCUT2D eigenvalue weighted by molar-refractivity contribution is 5.93. The molecule has 3 aromatic heterocycles. The Kier molecular flexibility index (Phi) is 4.31. The van der Waals surface area contributed by atoms with E-state index in [1.165, 1.54) is 11.0 Å². The number of benzene rings is 1. The number of pyridine rings is 1. The first-order valence-corrected chi connectivity index (χ1v) is 9.67. The largest absolute Gasteiger partial charge is 0.329 e.